The lowest BCUT2D eigenvalue weighted by Crippen LogP contribution is -2.50. The van der Waals surface area contributed by atoms with E-state index in [0.29, 0.717) is 21.6 Å². The van der Waals surface area contributed by atoms with E-state index in [1.54, 1.807) is 24.3 Å². The van der Waals surface area contributed by atoms with Gasteiger partial charge in [0, 0.05) is 17.1 Å². The van der Waals surface area contributed by atoms with Crippen molar-refractivity contribution in [3.05, 3.63) is 34.9 Å². The molecule has 0 unspecified atom stereocenters. The Labute approximate surface area is 165 Å². The Morgan fingerprint density at radius 2 is 1.81 bits per heavy atom. The van der Waals surface area contributed by atoms with Gasteiger partial charge in [-0.05, 0) is 48.8 Å². The van der Waals surface area contributed by atoms with E-state index in [-0.39, 0.29) is 12.5 Å². The molecule has 1 rings (SSSR count). The summed E-state index contributed by atoms with van der Waals surface area (Å²) in [6, 6.07) is 6.42. The summed E-state index contributed by atoms with van der Waals surface area (Å²) in [5, 5.41) is 6.49. The number of rotatable bonds is 9. The molecule has 1 atom stereocenters. The second-order valence-corrected chi connectivity index (χ2v) is 7.02. The minimum Gasteiger partial charge on any atom is -0.361 e. The number of carbonyl (C=O) groups is 2. The van der Waals surface area contributed by atoms with Crippen molar-refractivity contribution in [2.45, 2.75) is 39.5 Å². The Morgan fingerprint density at radius 1 is 1.12 bits per heavy atom. The fourth-order valence-corrected chi connectivity index (χ4v) is 2.45. The highest BCUT2D eigenvalue weighted by atomic mass is 35.5. The highest BCUT2D eigenvalue weighted by molar-refractivity contribution is 7.80. The zero-order valence-corrected chi connectivity index (χ0v) is 16.8. The van der Waals surface area contributed by atoms with Crippen LogP contribution in [0.25, 0.3) is 0 Å². The lowest BCUT2D eigenvalue weighted by atomic mass is 10.0. The molecular formula is C18H27ClN4O2S. The molecule has 0 bridgehead atoms. The van der Waals surface area contributed by atoms with Gasteiger partial charge in [0.2, 0.25) is 0 Å². The minimum absolute atomic E-state index is 0.162. The molecule has 0 fully saturated rings. The molecule has 0 saturated carbocycles. The lowest BCUT2D eigenvalue weighted by molar-refractivity contribution is -0.120. The third-order valence-electron chi connectivity index (χ3n) is 3.74. The van der Waals surface area contributed by atoms with Crippen LogP contribution in [0.2, 0.25) is 5.02 Å². The predicted octanol–water partition coefficient (Wildman–Crippen LogP) is 2.78. The average Bonchev–Trinajstić information content (AvgIpc) is 2.63. The molecule has 0 aliphatic rings. The molecule has 0 aliphatic carbocycles. The third kappa shape index (κ3) is 9.58. The quantitative estimate of drug-likeness (QED) is 0.292. The number of hydrazine groups is 1. The lowest BCUT2D eigenvalue weighted by Gasteiger charge is -2.15. The minimum atomic E-state index is -0.396. The number of halogens is 1. The van der Waals surface area contributed by atoms with Crippen molar-refractivity contribution in [3.8, 4) is 0 Å². The predicted molar refractivity (Wildman–Crippen MR) is 109 cm³/mol. The molecule has 1 aromatic carbocycles. The van der Waals surface area contributed by atoms with Gasteiger partial charge in [0.05, 0.1) is 6.54 Å². The van der Waals surface area contributed by atoms with E-state index >= 15 is 0 Å². The van der Waals surface area contributed by atoms with E-state index in [1.807, 2.05) is 0 Å². The first kappa shape index (κ1) is 22.2. The maximum Gasteiger partial charge on any atom is 0.257 e. The summed E-state index contributed by atoms with van der Waals surface area (Å²) in [7, 11) is 0. The molecule has 26 heavy (non-hydrogen) atoms. The monoisotopic (exact) mass is 398 g/mol. The smallest absolute Gasteiger partial charge is 0.257 e. The number of hydrogen-bond donors (Lipinski definition) is 4. The van der Waals surface area contributed by atoms with E-state index < -0.39 is 5.91 Å². The number of unbranched alkanes of at least 4 members (excludes halogenated alkanes) is 2. The summed E-state index contributed by atoms with van der Waals surface area (Å²) in [6.45, 7) is 4.93. The molecular weight excluding hydrogens is 372 g/mol. The van der Waals surface area contributed by atoms with Crippen molar-refractivity contribution in [2.75, 3.05) is 13.1 Å². The van der Waals surface area contributed by atoms with Gasteiger partial charge in [-0.2, -0.15) is 0 Å². The molecule has 1 aromatic rings. The highest BCUT2D eigenvalue weighted by Crippen LogP contribution is 2.09. The van der Waals surface area contributed by atoms with Crippen molar-refractivity contribution >= 4 is 40.7 Å². The van der Waals surface area contributed by atoms with E-state index in [4.69, 9.17) is 23.8 Å². The molecule has 0 spiro atoms. The maximum absolute atomic E-state index is 11.9. The fraction of sp³-hybridized carbons (Fsp3) is 0.500. The molecule has 0 heterocycles. The first-order chi connectivity index (χ1) is 12.4. The summed E-state index contributed by atoms with van der Waals surface area (Å²) in [5.41, 5.74) is 5.51. The van der Waals surface area contributed by atoms with Gasteiger partial charge in [0.25, 0.3) is 11.8 Å². The topological polar surface area (TPSA) is 82.3 Å². The van der Waals surface area contributed by atoms with Gasteiger partial charge in [-0.25, -0.2) is 0 Å². The molecule has 0 saturated heterocycles. The summed E-state index contributed by atoms with van der Waals surface area (Å²) < 4.78 is 0. The largest absolute Gasteiger partial charge is 0.361 e. The molecule has 144 valence electrons. The second kappa shape index (κ2) is 12.5. The summed E-state index contributed by atoms with van der Waals surface area (Å²) in [6.07, 6.45) is 4.81. The van der Waals surface area contributed by atoms with Crippen LogP contribution < -0.4 is 21.5 Å². The van der Waals surface area contributed by atoms with Crippen molar-refractivity contribution < 1.29 is 9.59 Å². The van der Waals surface area contributed by atoms with E-state index in [9.17, 15) is 9.59 Å². The summed E-state index contributed by atoms with van der Waals surface area (Å²) in [5.74, 6) is -0.235. The van der Waals surface area contributed by atoms with Gasteiger partial charge in [-0.1, -0.05) is 44.7 Å². The van der Waals surface area contributed by atoms with E-state index in [1.165, 1.54) is 19.3 Å². The van der Waals surface area contributed by atoms with Crippen molar-refractivity contribution in [2.24, 2.45) is 5.92 Å². The van der Waals surface area contributed by atoms with Gasteiger partial charge in [0.1, 0.15) is 0 Å². The molecule has 2 amide bonds. The van der Waals surface area contributed by atoms with Crippen LogP contribution in [-0.2, 0) is 4.79 Å². The first-order valence-corrected chi connectivity index (χ1v) is 9.57. The number of amides is 2. The van der Waals surface area contributed by atoms with Crippen molar-refractivity contribution in [3.63, 3.8) is 0 Å². The molecule has 6 nitrogen and oxygen atoms in total. The highest BCUT2D eigenvalue weighted by Gasteiger charge is 2.08. The van der Waals surface area contributed by atoms with Crippen LogP contribution in [0.4, 0.5) is 0 Å². The Morgan fingerprint density at radius 3 is 2.46 bits per heavy atom. The van der Waals surface area contributed by atoms with Crippen LogP contribution in [0, 0.1) is 5.92 Å². The normalized spacial score (nSPS) is 11.3. The number of nitrogens with one attached hydrogen (secondary N) is 4. The van der Waals surface area contributed by atoms with Crippen molar-refractivity contribution in [1.29, 1.82) is 0 Å². The average molecular weight is 399 g/mol. The molecule has 4 N–H and O–H groups in total. The zero-order valence-electron chi connectivity index (χ0n) is 15.2. The second-order valence-electron chi connectivity index (χ2n) is 6.17. The summed E-state index contributed by atoms with van der Waals surface area (Å²) >= 11 is 10.9. The Bertz CT molecular complexity index is 595. The maximum atomic E-state index is 11.9. The van der Waals surface area contributed by atoms with Gasteiger partial charge < -0.3 is 10.6 Å². The third-order valence-corrected chi connectivity index (χ3v) is 4.24. The van der Waals surface area contributed by atoms with Crippen molar-refractivity contribution in [1.82, 2.24) is 21.5 Å². The standard InChI is InChI=1S/C18H27ClN4O2S/c1-3-4-5-6-13(2)11-21-18(26)23-22-16(24)12-20-17(25)14-7-9-15(19)10-8-14/h7-10,13H,3-6,11-12H2,1-2H3,(H,20,25)(H,22,24)(H2,21,23,26)/t13-/m0/s1. The van der Waals surface area contributed by atoms with Gasteiger partial charge in [-0.15, -0.1) is 0 Å². The number of thiocarbonyl (C=S) groups is 1. The van der Waals surface area contributed by atoms with Crippen LogP contribution in [0.3, 0.4) is 0 Å². The zero-order chi connectivity index (χ0) is 19.4. The van der Waals surface area contributed by atoms with Gasteiger partial charge in [0.15, 0.2) is 5.11 Å². The van der Waals surface area contributed by atoms with Crippen LogP contribution in [0.1, 0.15) is 49.9 Å². The Hall–Kier alpha value is -1.86. The van der Waals surface area contributed by atoms with E-state index in [0.717, 1.165) is 13.0 Å². The molecule has 0 aromatic heterocycles. The number of benzene rings is 1. The van der Waals surface area contributed by atoms with Crippen LogP contribution in [0.5, 0.6) is 0 Å². The molecule has 8 heteroatoms. The van der Waals surface area contributed by atoms with Gasteiger partial charge >= 0.3 is 0 Å². The van der Waals surface area contributed by atoms with Crippen LogP contribution in [0.15, 0.2) is 24.3 Å². The Balaban J connectivity index is 2.18. The summed E-state index contributed by atoms with van der Waals surface area (Å²) in [4.78, 5) is 23.6. The number of carbonyl (C=O) groups excluding carboxylic acids is 2. The van der Waals surface area contributed by atoms with E-state index in [2.05, 4.69) is 35.3 Å². The molecule has 0 radical (unpaired) electrons. The SMILES string of the molecule is CCCCC[C@H](C)CNC(=S)NNC(=O)CNC(=O)c1ccc(Cl)cc1. The van der Waals surface area contributed by atoms with Gasteiger partial charge in [-0.3, -0.25) is 20.4 Å². The first-order valence-electron chi connectivity index (χ1n) is 8.78. The number of hydrogen-bond acceptors (Lipinski definition) is 3. The molecule has 0 aliphatic heterocycles. The Kier molecular flexibility index (Phi) is 10.7. The fourth-order valence-electron chi connectivity index (χ4n) is 2.19. The van der Waals surface area contributed by atoms with Crippen LogP contribution >= 0.6 is 23.8 Å². The van der Waals surface area contributed by atoms with Crippen LogP contribution in [-0.4, -0.2) is 30.0 Å².